The van der Waals surface area contributed by atoms with Crippen molar-refractivity contribution >= 4 is 34.4 Å². The first kappa shape index (κ1) is 10.9. The number of nitrogens with one attached hydrogen (secondary N) is 1. The van der Waals surface area contributed by atoms with Crippen molar-refractivity contribution in [2.45, 2.75) is 0 Å². The fourth-order valence-electron chi connectivity index (χ4n) is 1.90. The lowest BCUT2D eigenvalue weighted by Crippen LogP contribution is -2.18. The summed E-state index contributed by atoms with van der Waals surface area (Å²) in [4.78, 5) is 0. The number of thiocarbonyl (C=S) groups is 1. The first-order chi connectivity index (χ1) is 8.72. The molecule has 3 N–H and O–H groups in total. The molecular weight excluding hydrogens is 244 g/mol. The Bertz CT molecular complexity index is 647. The van der Waals surface area contributed by atoms with Crippen LogP contribution in [0.25, 0.3) is 11.1 Å². The Hall–Kier alpha value is -2.27. The summed E-state index contributed by atoms with van der Waals surface area (Å²) in [6, 6.07) is 13.8. The normalized spacial score (nSPS) is 11.6. The Kier molecular flexibility index (Phi) is 2.53. The highest BCUT2D eigenvalue weighted by Gasteiger charge is 2.10. The second-order valence-corrected chi connectivity index (χ2v) is 4.41. The van der Waals surface area contributed by atoms with Crippen LogP contribution in [-0.4, -0.2) is 5.11 Å². The third-order valence-corrected chi connectivity index (χ3v) is 2.82. The van der Waals surface area contributed by atoms with E-state index in [1.165, 1.54) is 0 Å². The Morgan fingerprint density at radius 1 is 1.06 bits per heavy atom. The molecule has 0 spiro atoms. The quantitative estimate of drug-likeness (QED) is 0.685. The van der Waals surface area contributed by atoms with Crippen molar-refractivity contribution in [3.05, 3.63) is 42.5 Å². The van der Waals surface area contributed by atoms with Gasteiger partial charge in [-0.1, -0.05) is 12.1 Å². The Morgan fingerprint density at radius 2 is 1.83 bits per heavy atom. The molecule has 0 aromatic heterocycles. The molecular formula is C13H10N4S. The van der Waals surface area contributed by atoms with Gasteiger partial charge >= 0.3 is 0 Å². The van der Waals surface area contributed by atoms with Crippen LogP contribution in [0, 0.1) is 0 Å². The topological polar surface area (TPSA) is 62.8 Å². The molecule has 0 unspecified atom stereocenters. The van der Waals surface area contributed by atoms with Crippen LogP contribution < -0.4 is 11.1 Å². The van der Waals surface area contributed by atoms with Gasteiger partial charge < -0.3 is 11.1 Å². The van der Waals surface area contributed by atoms with Gasteiger partial charge in [0.05, 0.1) is 11.4 Å². The summed E-state index contributed by atoms with van der Waals surface area (Å²) in [6.45, 7) is 0. The summed E-state index contributed by atoms with van der Waals surface area (Å²) in [5.74, 6) is 0. The van der Waals surface area contributed by atoms with Crippen LogP contribution in [0.2, 0.25) is 0 Å². The van der Waals surface area contributed by atoms with Crippen molar-refractivity contribution in [2.24, 2.45) is 16.0 Å². The SMILES string of the molecule is NC(=S)Nc1ccc(-c2ccc3cc2N=N3)cc1. The Balaban J connectivity index is 1.94. The molecule has 0 radical (unpaired) electrons. The van der Waals surface area contributed by atoms with Crippen LogP contribution in [0.3, 0.4) is 0 Å². The van der Waals surface area contributed by atoms with Gasteiger partial charge in [0.1, 0.15) is 0 Å². The van der Waals surface area contributed by atoms with Gasteiger partial charge in [-0.05, 0) is 48.1 Å². The number of nitrogens with two attached hydrogens (primary N) is 1. The fourth-order valence-corrected chi connectivity index (χ4v) is 2.01. The molecule has 88 valence electrons. The van der Waals surface area contributed by atoms with E-state index in [0.29, 0.717) is 0 Å². The summed E-state index contributed by atoms with van der Waals surface area (Å²) in [5, 5.41) is 11.3. The van der Waals surface area contributed by atoms with E-state index in [0.717, 1.165) is 28.2 Å². The summed E-state index contributed by atoms with van der Waals surface area (Å²) in [5.41, 5.74) is 10.3. The molecule has 0 amide bonds. The van der Waals surface area contributed by atoms with Crippen molar-refractivity contribution in [3.63, 3.8) is 0 Å². The van der Waals surface area contributed by atoms with Gasteiger partial charge in [-0.2, -0.15) is 5.11 Å². The lowest BCUT2D eigenvalue weighted by Gasteiger charge is -2.06. The third-order valence-electron chi connectivity index (χ3n) is 2.72. The molecule has 3 rings (SSSR count). The number of azo groups is 1. The second-order valence-electron chi connectivity index (χ2n) is 3.97. The van der Waals surface area contributed by atoms with Gasteiger partial charge in [0, 0.05) is 11.3 Å². The van der Waals surface area contributed by atoms with Gasteiger partial charge in [-0.15, -0.1) is 5.11 Å². The molecule has 1 aliphatic heterocycles. The highest BCUT2D eigenvalue weighted by Crippen LogP contribution is 2.38. The molecule has 5 heteroatoms. The maximum absolute atomic E-state index is 5.42. The van der Waals surface area contributed by atoms with Crippen molar-refractivity contribution in [2.75, 3.05) is 5.32 Å². The van der Waals surface area contributed by atoms with E-state index < -0.39 is 0 Å². The van der Waals surface area contributed by atoms with E-state index in [4.69, 9.17) is 18.0 Å². The molecule has 1 aliphatic rings. The van der Waals surface area contributed by atoms with Crippen LogP contribution in [0.1, 0.15) is 0 Å². The summed E-state index contributed by atoms with van der Waals surface area (Å²) in [6.07, 6.45) is 0. The molecule has 2 aromatic rings. The summed E-state index contributed by atoms with van der Waals surface area (Å²) >= 11 is 4.79. The fraction of sp³-hybridized carbons (Fsp3) is 0. The predicted molar refractivity (Wildman–Crippen MR) is 76.5 cm³/mol. The number of benzene rings is 2. The minimum Gasteiger partial charge on any atom is -0.376 e. The molecule has 2 bridgehead atoms. The van der Waals surface area contributed by atoms with E-state index in [1.807, 2.05) is 42.5 Å². The van der Waals surface area contributed by atoms with Crippen LogP contribution >= 0.6 is 12.2 Å². The number of fused-ring (bicyclic) bond motifs is 2. The van der Waals surface area contributed by atoms with E-state index in [9.17, 15) is 0 Å². The first-order valence-electron chi connectivity index (χ1n) is 5.45. The maximum atomic E-state index is 5.42. The zero-order valence-electron chi connectivity index (χ0n) is 9.42. The van der Waals surface area contributed by atoms with Crippen LogP contribution in [0.4, 0.5) is 17.1 Å². The van der Waals surface area contributed by atoms with Crippen LogP contribution in [-0.2, 0) is 0 Å². The van der Waals surface area contributed by atoms with E-state index >= 15 is 0 Å². The maximum Gasteiger partial charge on any atom is 0.168 e. The standard InChI is InChI=1S/C13H10N4S/c14-13(18)15-9-3-1-8(2-4-9)11-6-5-10-7-12(11)17-16-10/h1-7H,(H3,14,15,18). The molecule has 0 aliphatic carbocycles. The predicted octanol–water partition coefficient (Wildman–Crippen LogP) is 3.74. The molecule has 1 heterocycles. The number of nitrogens with zero attached hydrogens (tertiary/aromatic N) is 2. The number of hydrogen-bond acceptors (Lipinski definition) is 3. The van der Waals surface area contributed by atoms with Crippen molar-refractivity contribution in [3.8, 4) is 11.1 Å². The molecule has 2 aromatic carbocycles. The summed E-state index contributed by atoms with van der Waals surface area (Å²) in [7, 11) is 0. The van der Waals surface area contributed by atoms with Gasteiger partial charge in [0.2, 0.25) is 0 Å². The van der Waals surface area contributed by atoms with Crippen molar-refractivity contribution < 1.29 is 0 Å². The monoisotopic (exact) mass is 254 g/mol. The Morgan fingerprint density at radius 3 is 2.56 bits per heavy atom. The second kappa shape index (κ2) is 4.19. The minimum absolute atomic E-state index is 0.263. The number of rotatable bonds is 2. The molecule has 0 saturated heterocycles. The van der Waals surface area contributed by atoms with Crippen LogP contribution in [0.5, 0.6) is 0 Å². The smallest absolute Gasteiger partial charge is 0.168 e. The zero-order valence-corrected chi connectivity index (χ0v) is 10.2. The largest absolute Gasteiger partial charge is 0.376 e. The van der Waals surface area contributed by atoms with E-state index in [-0.39, 0.29) is 5.11 Å². The number of hydrogen-bond donors (Lipinski definition) is 2. The van der Waals surface area contributed by atoms with Gasteiger partial charge in [0.25, 0.3) is 0 Å². The first-order valence-corrected chi connectivity index (χ1v) is 5.86. The highest BCUT2D eigenvalue weighted by atomic mass is 32.1. The van der Waals surface area contributed by atoms with Gasteiger partial charge in [0.15, 0.2) is 5.11 Å². The van der Waals surface area contributed by atoms with Gasteiger partial charge in [-0.3, -0.25) is 0 Å². The van der Waals surface area contributed by atoms with E-state index in [1.54, 1.807) is 0 Å². The molecule has 0 saturated carbocycles. The van der Waals surface area contributed by atoms with Gasteiger partial charge in [-0.25, -0.2) is 0 Å². The lowest BCUT2D eigenvalue weighted by molar-refractivity contribution is 1.31. The minimum atomic E-state index is 0.263. The molecule has 0 atom stereocenters. The third kappa shape index (κ3) is 1.96. The molecule has 18 heavy (non-hydrogen) atoms. The highest BCUT2D eigenvalue weighted by molar-refractivity contribution is 7.80. The molecule has 4 nitrogen and oxygen atoms in total. The average Bonchev–Trinajstić information content (AvgIpc) is 2.72. The number of anilines is 1. The van der Waals surface area contributed by atoms with Crippen molar-refractivity contribution in [1.29, 1.82) is 0 Å². The van der Waals surface area contributed by atoms with Crippen LogP contribution in [0.15, 0.2) is 52.7 Å². The molecule has 0 fully saturated rings. The van der Waals surface area contributed by atoms with Crippen molar-refractivity contribution in [1.82, 2.24) is 0 Å². The summed E-state index contributed by atoms with van der Waals surface area (Å²) < 4.78 is 0. The average molecular weight is 254 g/mol. The Labute approximate surface area is 110 Å². The lowest BCUT2D eigenvalue weighted by atomic mass is 10.0. The zero-order chi connectivity index (χ0) is 12.5. The van der Waals surface area contributed by atoms with E-state index in [2.05, 4.69) is 15.5 Å².